The second-order valence-electron chi connectivity index (χ2n) is 2.27. The lowest BCUT2D eigenvalue weighted by Gasteiger charge is -1.93. The highest BCUT2D eigenvalue weighted by Crippen LogP contribution is 1.94. The van der Waals surface area contributed by atoms with E-state index in [0.717, 1.165) is 0 Å². The topological polar surface area (TPSA) is 104 Å². The highest BCUT2D eigenvalue weighted by atomic mass is 32.1. The molecule has 7 heteroatoms. The van der Waals surface area contributed by atoms with Gasteiger partial charge < -0.3 is 11.5 Å². The Balaban J connectivity index is 0.000000165. The van der Waals surface area contributed by atoms with E-state index < -0.39 is 0 Å². The third-order valence-electron chi connectivity index (χ3n) is 1.13. The molecule has 0 fully saturated rings. The highest BCUT2D eigenvalue weighted by molar-refractivity contribution is 7.07. The number of nitrogens with two attached hydrogens (primary N) is 2. The van der Waals surface area contributed by atoms with Crippen molar-refractivity contribution in [3.63, 3.8) is 0 Å². The number of nitrogens with zero attached hydrogens (tertiary/aromatic N) is 4. The zero-order chi connectivity index (χ0) is 10.4. The minimum atomic E-state index is 0.167. The molecule has 0 spiro atoms. The smallest absolute Gasteiger partial charge is 0.225 e. The van der Waals surface area contributed by atoms with Crippen molar-refractivity contribution in [2.45, 2.75) is 6.92 Å². The van der Waals surface area contributed by atoms with Crippen LogP contribution in [0.25, 0.3) is 0 Å². The van der Waals surface area contributed by atoms with Gasteiger partial charge in [0.1, 0.15) is 5.82 Å². The Hall–Kier alpha value is -1.76. The molecule has 0 unspecified atom stereocenters. The number of rotatable bonds is 0. The first-order valence-electron chi connectivity index (χ1n) is 3.74. The number of aryl methyl sites for hydroxylation is 1. The minimum absolute atomic E-state index is 0.167. The molecule has 2 aromatic heterocycles. The van der Waals surface area contributed by atoms with Gasteiger partial charge in [-0.25, -0.2) is 0 Å². The maximum atomic E-state index is 5.22. The predicted molar refractivity (Wildman–Crippen MR) is 55.5 cm³/mol. The van der Waals surface area contributed by atoms with E-state index in [1.54, 1.807) is 30.0 Å². The largest absolute Gasteiger partial charge is 0.368 e. The quantitative estimate of drug-likeness (QED) is 0.655. The summed E-state index contributed by atoms with van der Waals surface area (Å²) < 4.78 is 0. The van der Waals surface area contributed by atoms with Crippen LogP contribution in [-0.2, 0) is 0 Å². The lowest BCUT2D eigenvalue weighted by molar-refractivity contribution is 1.00. The Kier molecular flexibility index (Phi) is 3.74. The first-order valence-corrected chi connectivity index (χ1v) is 4.68. The first-order chi connectivity index (χ1) is 6.68. The maximum Gasteiger partial charge on any atom is 0.225 e. The molecule has 0 radical (unpaired) electrons. The van der Waals surface area contributed by atoms with Crippen LogP contribution in [0, 0.1) is 6.92 Å². The van der Waals surface area contributed by atoms with Gasteiger partial charge in [-0.05, 0) is 6.92 Å². The summed E-state index contributed by atoms with van der Waals surface area (Å²) in [5.41, 5.74) is 12.2. The van der Waals surface area contributed by atoms with Gasteiger partial charge in [0.2, 0.25) is 11.9 Å². The van der Waals surface area contributed by atoms with Gasteiger partial charge in [-0.15, -0.1) is 11.3 Å². The van der Waals surface area contributed by atoms with Crippen LogP contribution in [0.15, 0.2) is 17.1 Å². The lowest BCUT2D eigenvalue weighted by Crippen LogP contribution is -2.03. The molecular weight excluding hydrogens is 200 g/mol. The molecule has 0 saturated heterocycles. The first kappa shape index (κ1) is 10.3. The monoisotopic (exact) mass is 210 g/mol. The van der Waals surface area contributed by atoms with Gasteiger partial charge in [0.05, 0.1) is 5.51 Å². The van der Waals surface area contributed by atoms with Gasteiger partial charge >= 0.3 is 0 Å². The van der Waals surface area contributed by atoms with E-state index >= 15 is 0 Å². The van der Waals surface area contributed by atoms with Crippen LogP contribution in [-0.4, -0.2) is 19.9 Å². The maximum absolute atomic E-state index is 5.22. The average molecular weight is 210 g/mol. The highest BCUT2D eigenvalue weighted by Gasteiger charge is 1.93. The van der Waals surface area contributed by atoms with E-state index in [2.05, 4.69) is 19.9 Å². The summed E-state index contributed by atoms with van der Waals surface area (Å²) >= 11 is 1.60. The molecule has 14 heavy (non-hydrogen) atoms. The van der Waals surface area contributed by atoms with Gasteiger partial charge in [-0.3, -0.25) is 4.98 Å². The number of aromatic nitrogens is 4. The Morgan fingerprint density at radius 3 is 2.07 bits per heavy atom. The summed E-state index contributed by atoms with van der Waals surface area (Å²) in [6.07, 6.45) is 1.77. The lowest BCUT2D eigenvalue weighted by atomic mass is 10.7. The molecule has 0 aliphatic rings. The molecule has 2 aromatic rings. The summed E-state index contributed by atoms with van der Waals surface area (Å²) in [5.74, 6) is 0.875. The number of thiazole rings is 1. The second-order valence-corrected chi connectivity index (χ2v) is 3.03. The Bertz CT molecular complexity index is 306. The van der Waals surface area contributed by atoms with E-state index in [1.807, 2.05) is 5.38 Å². The van der Waals surface area contributed by atoms with Crippen LogP contribution < -0.4 is 11.5 Å². The molecule has 2 heterocycles. The van der Waals surface area contributed by atoms with Crippen LogP contribution in [0.3, 0.4) is 0 Å². The second kappa shape index (κ2) is 5.07. The molecule has 0 saturated carbocycles. The van der Waals surface area contributed by atoms with Gasteiger partial charge in [0.25, 0.3) is 0 Å². The summed E-state index contributed by atoms with van der Waals surface area (Å²) in [4.78, 5) is 14.7. The van der Waals surface area contributed by atoms with E-state index in [1.165, 1.54) is 0 Å². The van der Waals surface area contributed by atoms with E-state index in [-0.39, 0.29) is 11.9 Å². The average Bonchev–Trinajstić information content (AvgIpc) is 2.56. The zero-order valence-electron chi connectivity index (χ0n) is 7.58. The van der Waals surface area contributed by atoms with Crippen LogP contribution in [0.2, 0.25) is 0 Å². The van der Waals surface area contributed by atoms with Crippen LogP contribution in [0.5, 0.6) is 0 Å². The van der Waals surface area contributed by atoms with Crippen LogP contribution in [0.4, 0.5) is 11.9 Å². The van der Waals surface area contributed by atoms with Crippen LogP contribution in [0.1, 0.15) is 5.82 Å². The van der Waals surface area contributed by atoms with Gasteiger partial charge in [0, 0.05) is 11.6 Å². The zero-order valence-corrected chi connectivity index (χ0v) is 8.40. The molecule has 0 amide bonds. The molecular formula is C7H10N6S. The molecule has 0 aromatic carbocycles. The summed E-state index contributed by atoms with van der Waals surface area (Å²) in [6, 6.07) is 0. The molecule has 0 bridgehead atoms. The van der Waals surface area contributed by atoms with E-state index in [0.29, 0.717) is 5.82 Å². The van der Waals surface area contributed by atoms with E-state index in [9.17, 15) is 0 Å². The molecule has 0 aliphatic heterocycles. The van der Waals surface area contributed by atoms with Gasteiger partial charge in [-0.2, -0.15) is 15.0 Å². The number of anilines is 2. The third-order valence-corrected chi connectivity index (χ3v) is 1.65. The van der Waals surface area contributed by atoms with E-state index in [4.69, 9.17) is 11.5 Å². The van der Waals surface area contributed by atoms with Crippen molar-refractivity contribution in [1.82, 2.24) is 19.9 Å². The Morgan fingerprint density at radius 2 is 1.79 bits per heavy atom. The van der Waals surface area contributed by atoms with Crippen molar-refractivity contribution in [1.29, 1.82) is 0 Å². The third kappa shape index (κ3) is 3.76. The standard InChI is InChI=1S/C4H7N5.C3H3NS/c1-2-7-3(5)9-4(6)8-2;1-2-5-3-4-1/h1H3,(H4,5,6,7,8,9);1-3H. The normalized spacial score (nSPS) is 8.93. The SMILES string of the molecule is Cc1nc(N)nc(N)n1.c1cscn1. The number of nitrogen functional groups attached to an aromatic ring is 2. The fourth-order valence-electron chi connectivity index (χ4n) is 0.700. The minimum Gasteiger partial charge on any atom is -0.368 e. The van der Waals surface area contributed by atoms with Gasteiger partial charge in [0.15, 0.2) is 0 Å². The van der Waals surface area contributed by atoms with Crippen molar-refractivity contribution in [3.8, 4) is 0 Å². The van der Waals surface area contributed by atoms with Gasteiger partial charge in [-0.1, -0.05) is 0 Å². The predicted octanol–water partition coefficient (Wildman–Crippen LogP) is 0.488. The van der Waals surface area contributed by atoms with Crippen LogP contribution >= 0.6 is 11.3 Å². The molecule has 4 N–H and O–H groups in total. The van der Waals surface area contributed by atoms with Crippen molar-refractivity contribution in [2.24, 2.45) is 0 Å². The summed E-state index contributed by atoms with van der Waals surface area (Å²) in [6.45, 7) is 1.70. The van der Waals surface area contributed by atoms with Crippen molar-refractivity contribution >= 4 is 23.2 Å². The molecule has 0 aliphatic carbocycles. The van der Waals surface area contributed by atoms with Crippen molar-refractivity contribution in [2.75, 3.05) is 11.5 Å². The van der Waals surface area contributed by atoms with Crippen molar-refractivity contribution < 1.29 is 0 Å². The summed E-state index contributed by atoms with van der Waals surface area (Å²) in [7, 11) is 0. The molecule has 74 valence electrons. The fraction of sp³-hybridized carbons (Fsp3) is 0.143. The Morgan fingerprint density at radius 1 is 1.14 bits per heavy atom. The summed E-state index contributed by atoms with van der Waals surface area (Å²) in [5, 5.41) is 1.93. The number of hydrogen-bond donors (Lipinski definition) is 2. The molecule has 6 nitrogen and oxygen atoms in total. The molecule has 2 rings (SSSR count). The molecule has 0 atom stereocenters. The fourth-order valence-corrected chi connectivity index (χ4v) is 1.05. The Labute approximate surface area is 85.1 Å². The number of hydrogen-bond acceptors (Lipinski definition) is 7. The van der Waals surface area contributed by atoms with Crippen molar-refractivity contribution in [3.05, 3.63) is 22.9 Å².